The minimum absolute atomic E-state index is 0.372. The van der Waals surface area contributed by atoms with Crippen molar-refractivity contribution in [2.24, 2.45) is 0 Å². The van der Waals surface area contributed by atoms with Gasteiger partial charge in [-0.05, 0) is 142 Å². The van der Waals surface area contributed by atoms with Gasteiger partial charge in [0.25, 0.3) is 0 Å². The number of benzene rings is 8. The Hall–Kier alpha value is -15.2. The third-order valence-electron chi connectivity index (χ3n) is 19.7. The molecule has 2 aliphatic heterocycles. The van der Waals surface area contributed by atoms with Crippen molar-refractivity contribution in [1.29, 1.82) is 0 Å². The van der Waals surface area contributed by atoms with Gasteiger partial charge < -0.3 is 28.9 Å². The van der Waals surface area contributed by atoms with Gasteiger partial charge in [-0.2, -0.15) is 0 Å². The van der Waals surface area contributed by atoms with Crippen molar-refractivity contribution in [1.82, 2.24) is 79.9 Å². The first-order valence-corrected chi connectivity index (χ1v) is 35.8. The van der Waals surface area contributed by atoms with E-state index in [1.807, 2.05) is 170 Å². The Morgan fingerprint density at radius 3 is 0.688 bits per heavy atom. The molecule has 17 rings (SSSR count). The number of nitrogens with one attached hydrogen (secondary N) is 2. The van der Waals surface area contributed by atoms with Crippen molar-refractivity contribution >= 4 is 70.2 Å². The maximum absolute atomic E-state index is 12.4. The molecule has 0 saturated carbocycles. The first kappa shape index (κ1) is 69.8. The number of methoxy groups -OCH3 is 4. The van der Waals surface area contributed by atoms with Gasteiger partial charge in [0.1, 0.15) is 22.8 Å². The SMILES string of the molecule is COC(=O)c1ccc(Cn2cc(-c3ccccc3-c3c4nc(c(-c5ccccc5-c5cn(Cc6ccc(C(=O)OC)cc6)nn5)c5ccc([nH]5)c(-c5ccccc5-c5cn(Cc6ccc(C(=O)OC)cc6)nn5)c5nc(c(-c6ccccc6-c6cn(Cc7ccc(C(=O)OC)cc7)nn6)c6ccc3[nH]6)C=C5)C=C4)nn2)cc1. The van der Waals surface area contributed by atoms with Gasteiger partial charge >= 0.3 is 23.9 Å². The number of rotatable bonds is 20. The predicted octanol–water partition coefficient (Wildman–Crippen LogP) is 15.7. The van der Waals surface area contributed by atoms with Crippen LogP contribution in [-0.2, 0) is 45.1 Å². The quantitative estimate of drug-likeness (QED) is 0.0529. The van der Waals surface area contributed by atoms with Gasteiger partial charge in [0, 0.05) is 66.6 Å². The zero-order valence-electron chi connectivity index (χ0n) is 60.8. The number of fused-ring (bicyclic) bond motifs is 8. The molecule has 9 heterocycles. The highest BCUT2D eigenvalue weighted by Gasteiger charge is 2.26. The first-order valence-electron chi connectivity index (χ1n) is 35.8. The molecular formula is C88H66N16O8. The third kappa shape index (κ3) is 13.9. The molecule has 0 spiro atoms. The number of aromatic nitrogens is 16. The molecule has 24 nitrogen and oxygen atoms in total. The number of hydrogen-bond acceptors (Lipinski definition) is 18. The summed E-state index contributed by atoms with van der Waals surface area (Å²) in [4.78, 5) is 69.0. The van der Waals surface area contributed by atoms with Gasteiger partial charge in [-0.25, -0.2) is 47.9 Å². The molecule has 0 saturated heterocycles. The smallest absolute Gasteiger partial charge is 0.337 e. The van der Waals surface area contributed by atoms with E-state index in [1.54, 1.807) is 67.3 Å². The zero-order valence-corrected chi connectivity index (χ0v) is 60.8. The molecular weight excluding hydrogens is 1410 g/mol. The van der Waals surface area contributed by atoms with E-state index >= 15 is 0 Å². The number of hydrogen-bond donors (Lipinski definition) is 2. The summed E-state index contributed by atoms with van der Waals surface area (Å²) in [5.74, 6) is -1.69. The van der Waals surface area contributed by atoms with Crippen LogP contribution in [0.1, 0.15) is 86.5 Å². The van der Waals surface area contributed by atoms with Gasteiger partial charge in [-0.3, -0.25) is 0 Å². The molecule has 0 amide bonds. The molecule has 7 aromatic heterocycles. The molecule has 2 aliphatic rings. The largest absolute Gasteiger partial charge is 0.465 e. The van der Waals surface area contributed by atoms with Gasteiger partial charge in [0.15, 0.2) is 0 Å². The molecule has 0 fully saturated rings. The summed E-state index contributed by atoms with van der Waals surface area (Å²) in [7, 11) is 5.44. The normalized spacial score (nSPS) is 11.6. The molecule has 0 atom stereocenters. The average molecular weight is 1480 g/mol. The number of aromatic amines is 2. The Morgan fingerprint density at radius 2 is 0.482 bits per heavy atom. The van der Waals surface area contributed by atoms with E-state index < -0.39 is 23.9 Å². The molecule has 8 aromatic carbocycles. The number of nitrogens with zero attached hydrogens (tertiary/aromatic N) is 14. The highest BCUT2D eigenvalue weighted by atomic mass is 16.5. The Kier molecular flexibility index (Phi) is 18.8. The fourth-order valence-corrected chi connectivity index (χ4v) is 14.2. The van der Waals surface area contributed by atoms with E-state index in [-0.39, 0.29) is 0 Å². The second kappa shape index (κ2) is 30.2. The first-order chi connectivity index (χ1) is 54.9. The summed E-state index contributed by atoms with van der Waals surface area (Å²) in [6, 6.07) is 69.5. The lowest BCUT2D eigenvalue weighted by Gasteiger charge is -2.11. The van der Waals surface area contributed by atoms with Gasteiger partial charge in [0.05, 0.1) is 124 Å². The molecule has 8 bridgehead atoms. The summed E-state index contributed by atoms with van der Waals surface area (Å²) in [5, 5.41) is 37.9. The lowest BCUT2D eigenvalue weighted by atomic mass is 9.96. The zero-order chi connectivity index (χ0) is 76.3. The van der Waals surface area contributed by atoms with Crippen LogP contribution in [-0.4, -0.2) is 132 Å². The molecule has 15 aromatic rings. The van der Waals surface area contributed by atoms with Crippen molar-refractivity contribution < 1.29 is 38.1 Å². The molecule has 2 N–H and O–H groups in total. The summed E-state index contributed by atoms with van der Waals surface area (Å²) >= 11 is 0. The van der Waals surface area contributed by atoms with Crippen LogP contribution in [0, 0.1) is 0 Å². The van der Waals surface area contributed by atoms with Gasteiger partial charge in [-0.1, -0.05) is 166 Å². The molecule has 24 heteroatoms. The van der Waals surface area contributed by atoms with E-state index in [0.29, 0.717) is 94.0 Å². The summed E-state index contributed by atoms with van der Waals surface area (Å²) in [5.41, 5.74) is 22.5. The Balaban J connectivity index is 0.890. The van der Waals surface area contributed by atoms with Crippen molar-refractivity contribution in [2.45, 2.75) is 26.2 Å². The van der Waals surface area contributed by atoms with Crippen LogP contribution in [0.25, 0.3) is 136 Å². The van der Waals surface area contributed by atoms with Crippen LogP contribution < -0.4 is 0 Å². The number of ether oxygens (including phenoxy) is 4. The van der Waals surface area contributed by atoms with Crippen molar-refractivity contribution in [3.05, 3.63) is 310 Å². The number of carbonyl (C=O) groups excluding carboxylic acids is 4. The molecule has 0 unspecified atom stereocenters. The minimum Gasteiger partial charge on any atom is -0.465 e. The second-order valence-electron chi connectivity index (χ2n) is 26.6. The highest BCUT2D eigenvalue weighted by Crippen LogP contribution is 2.45. The van der Waals surface area contributed by atoms with E-state index in [9.17, 15) is 19.2 Å². The topological polar surface area (TPSA) is 285 Å². The molecule has 0 aliphatic carbocycles. The van der Waals surface area contributed by atoms with Crippen LogP contribution in [0.5, 0.6) is 0 Å². The fraction of sp³-hybridized carbons (Fsp3) is 0.0909. The van der Waals surface area contributed by atoms with Crippen LogP contribution in [0.2, 0.25) is 0 Å². The maximum Gasteiger partial charge on any atom is 0.337 e. The van der Waals surface area contributed by atoms with E-state index in [0.717, 1.165) is 111 Å². The van der Waals surface area contributed by atoms with Crippen LogP contribution in [0.4, 0.5) is 0 Å². The number of carbonyl (C=O) groups is 4. The molecule has 0 radical (unpaired) electrons. The van der Waals surface area contributed by atoms with E-state index in [4.69, 9.17) is 49.3 Å². The summed E-state index contributed by atoms with van der Waals surface area (Å²) in [6.45, 7) is 1.49. The second-order valence-corrected chi connectivity index (χ2v) is 26.6. The lowest BCUT2D eigenvalue weighted by Crippen LogP contribution is -2.03. The van der Waals surface area contributed by atoms with Crippen LogP contribution >= 0.6 is 0 Å². The van der Waals surface area contributed by atoms with Gasteiger partial charge in [-0.15, -0.1) is 20.4 Å². The van der Waals surface area contributed by atoms with E-state index in [2.05, 4.69) is 79.4 Å². The van der Waals surface area contributed by atoms with Crippen molar-refractivity contribution in [3.63, 3.8) is 0 Å². The lowest BCUT2D eigenvalue weighted by molar-refractivity contribution is 0.0592. The predicted molar refractivity (Wildman–Crippen MR) is 424 cm³/mol. The summed E-state index contributed by atoms with van der Waals surface area (Å²) < 4.78 is 27.0. The van der Waals surface area contributed by atoms with Crippen LogP contribution in [0.15, 0.2) is 243 Å². The monoisotopic (exact) mass is 1470 g/mol. The number of H-pyrrole nitrogens is 2. The fourth-order valence-electron chi connectivity index (χ4n) is 14.2. The standard InChI is InChI=1S/C88H66N16O8/c1-109-85(105)57-29-21-53(22-30-57)45-101-49-77(93-97-101)61-13-5-9-17-65(61)81-69-37-39-71(89-69)82(66-18-10-6-14-62(66)78-50-102(98-94-78)46-54-23-31-58(32-24-54)86(106)110-2)73-41-43-75(91-73)84(68-20-12-8-16-64(68)80-52-104(100-96-80)48-56-27-35-60(36-28-56)88(108)112-4)76-44-42-74(92-76)83(72-40-38-70(81)90-72)67-19-11-7-15-63(67)79-51-103(99-95-79)47-55-25-33-59(34-26-55)87(107)111-3/h5-44,49-52,89,92H,45-48H2,1-4H3. The molecule has 112 heavy (non-hydrogen) atoms. The molecule has 546 valence electrons. The Morgan fingerprint density at radius 1 is 0.277 bits per heavy atom. The third-order valence-corrected chi connectivity index (χ3v) is 19.7. The Labute approximate surface area is 639 Å². The van der Waals surface area contributed by atoms with Crippen molar-refractivity contribution in [3.8, 4) is 89.5 Å². The Bertz CT molecular complexity index is 5660. The minimum atomic E-state index is -0.423. The highest BCUT2D eigenvalue weighted by molar-refractivity contribution is 6.05. The maximum atomic E-state index is 12.4. The van der Waals surface area contributed by atoms with Crippen LogP contribution in [0.3, 0.4) is 0 Å². The number of esters is 4. The van der Waals surface area contributed by atoms with Gasteiger partial charge in [0.2, 0.25) is 0 Å². The van der Waals surface area contributed by atoms with E-state index in [1.165, 1.54) is 28.4 Å². The van der Waals surface area contributed by atoms with Crippen molar-refractivity contribution in [2.75, 3.05) is 28.4 Å². The average Bonchev–Trinajstić information content (AvgIpc) is 1.59. The summed E-state index contributed by atoms with van der Waals surface area (Å²) in [6.07, 6.45) is 15.8.